The van der Waals surface area contributed by atoms with Crippen LogP contribution in [0.4, 0.5) is 0 Å². The van der Waals surface area contributed by atoms with Gasteiger partial charge in [0, 0.05) is 19.1 Å². The Hall–Kier alpha value is -2.99. The van der Waals surface area contributed by atoms with Crippen LogP contribution in [0.1, 0.15) is 44.4 Å². The van der Waals surface area contributed by atoms with Crippen LogP contribution >= 0.6 is 0 Å². The van der Waals surface area contributed by atoms with E-state index in [1.54, 1.807) is 0 Å². The van der Waals surface area contributed by atoms with Crippen molar-refractivity contribution in [1.82, 2.24) is 4.90 Å². The first-order valence-corrected chi connectivity index (χ1v) is 13.2. The predicted molar refractivity (Wildman–Crippen MR) is 147 cm³/mol. The van der Waals surface area contributed by atoms with Crippen LogP contribution in [-0.2, 0) is 29.0 Å². The number of benzene rings is 3. The lowest BCUT2D eigenvalue weighted by molar-refractivity contribution is 0.00150. The molecule has 0 bridgehead atoms. The minimum absolute atomic E-state index is 0.250. The van der Waals surface area contributed by atoms with E-state index in [1.165, 1.54) is 16.7 Å². The Morgan fingerprint density at radius 2 is 1.24 bits per heavy atom. The molecule has 1 fully saturated rings. The van der Waals surface area contributed by atoms with E-state index in [0.29, 0.717) is 32.0 Å². The van der Waals surface area contributed by atoms with Gasteiger partial charge < -0.3 is 14.6 Å². The monoisotopic (exact) mass is 498 g/mol. The zero-order chi connectivity index (χ0) is 26.1. The van der Waals surface area contributed by atoms with Crippen molar-refractivity contribution >= 4 is 5.90 Å². The Labute approximate surface area is 220 Å². The van der Waals surface area contributed by atoms with Crippen LogP contribution in [-0.4, -0.2) is 51.4 Å². The van der Waals surface area contributed by atoms with Gasteiger partial charge in [0.2, 0.25) is 5.90 Å². The summed E-state index contributed by atoms with van der Waals surface area (Å²) in [6, 6.07) is 31.0. The van der Waals surface area contributed by atoms with Gasteiger partial charge in [0.15, 0.2) is 5.60 Å². The molecule has 0 aliphatic carbocycles. The van der Waals surface area contributed by atoms with Crippen LogP contribution < -0.4 is 0 Å². The number of hydrogen-bond donors (Lipinski definition) is 1. The molecule has 3 aromatic rings. The van der Waals surface area contributed by atoms with Gasteiger partial charge in [-0.2, -0.15) is 0 Å². The molecular weight excluding hydrogens is 460 g/mol. The molecule has 5 nitrogen and oxygen atoms in total. The first kappa shape index (κ1) is 25.7. The zero-order valence-electron chi connectivity index (χ0n) is 22.3. The lowest BCUT2D eigenvalue weighted by Gasteiger charge is -2.38. The normalized spacial score (nSPS) is 23.2. The summed E-state index contributed by atoms with van der Waals surface area (Å²) in [4.78, 5) is 7.26. The standard InChI is InChI=1S/C32H38N2O3/c1-30(2)23-36-29(33-30)32(31(3,4)37-32)28(35)27(20-24-14-8-5-9-15-24)34(21-25-16-10-6-11-17-25)22-26-18-12-7-13-19-26/h5-19,27-28,35H,20-23H2,1-4H3/t27-,28?,32?/m0/s1. The van der Waals surface area contributed by atoms with Crippen LogP contribution in [0.15, 0.2) is 96.0 Å². The summed E-state index contributed by atoms with van der Waals surface area (Å²) in [5.74, 6) is 0.521. The molecule has 194 valence electrons. The van der Waals surface area contributed by atoms with Gasteiger partial charge in [-0.25, -0.2) is 4.99 Å². The average molecular weight is 499 g/mol. The highest BCUT2D eigenvalue weighted by atomic mass is 16.7. The molecule has 0 saturated carbocycles. The molecule has 37 heavy (non-hydrogen) atoms. The van der Waals surface area contributed by atoms with Gasteiger partial charge in [-0.1, -0.05) is 91.0 Å². The summed E-state index contributed by atoms with van der Waals surface area (Å²) in [5, 5.41) is 12.3. The number of nitrogens with zero attached hydrogens (tertiary/aromatic N) is 2. The molecule has 1 N–H and O–H groups in total. The highest BCUT2D eigenvalue weighted by Gasteiger charge is 2.74. The number of hydrogen-bond acceptors (Lipinski definition) is 5. The highest BCUT2D eigenvalue weighted by molar-refractivity contribution is 5.92. The van der Waals surface area contributed by atoms with Gasteiger partial charge in [0.1, 0.15) is 18.3 Å². The molecule has 0 amide bonds. The number of aliphatic hydroxyl groups excluding tert-OH is 1. The molecule has 2 unspecified atom stereocenters. The topological polar surface area (TPSA) is 57.6 Å². The third-order valence-electron chi connectivity index (χ3n) is 7.55. The minimum Gasteiger partial charge on any atom is -0.476 e. The molecule has 2 heterocycles. The summed E-state index contributed by atoms with van der Waals surface area (Å²) in [7, 11) is 0. The van der Waals surface area contributed by atoms with Crippen molar-refractivity contribution in [3.8, 4) is 0 Å². The van der Waals surface area contributed by atoms with Crippen molar-refractivity contribution in [2.45, 2.75) is 76.1 Å². The summed E-state index contributed by atoms with van der Waals surface area (Å²) < 4.78 is 12.5. The van der Waals surface area contributed by atoms with E-state index in [1.807, 2.05) is 45.9 Å². The van der Waals surface area contributed by atoms with E-state index in [0.717, 1.165) is 0 Å². The molecule has 2 aliphatic rings. The summed E-state index contributed by atoms with van der Waals surface area (Å²) in [5.41, 5.74) is 1.64. The molecule has 5 rings (SSSR count). The lowest BCUT2D eigenvalue weighted by Crippen LogP contribution is -2.55. The first-order chi connectivity index (χ1) is 17.7. The Morgan fingerprint density at radius 3 is 1.65 bits per heavy atom. The maximum Gasteiger partial charge on any atom is 0.223 e. The number of epoxide rings is 1. The molecule has 0 aromatic heterocycles. The van der Waals surface area contributed by atoms with Gasteiger partial charge in [0.25, 0.3) is 0 Å². The predicted octanol–water partition coefficient (Wildman–Crippen LogP) is 5.42. The van der Waals surface area contributed by atoms with Gasteiger partial charge in [-0.05, 0) is 50.8 Å². The fourth-order valence-electron chi connectivity index (χ4n) is 5.49. The fourth-order valence-corrected chi connectivity index (χ4v) is 5.49. The van der Waals surface area contributed by atoms with Crippen LogP contribution in [0, 0.1) is 0 Å². The molecule has 2 aliphatic heterocycles. The third-order valence-corrected chi connectivity index (χ3v) is 7.55. The second kappa shape index (κ2) is 10.1. The van der Waals surface area contributed by atoms with Crippen molar-refractivity contribution < 1.29 is 14.6 Å². The average Bonchev–Trinajstić information content (AvgIpc) is 3.30. The Morgan fingerprint density at radius 1 is 0.784 bits per heavy atom. The van der Waals surface area contributed by atoms with Crippen LogP contribution in [0.2, 0.25) is 0 Å². The van der Waals surface area contributed by atoms with Gasteiger partial charge in [0.05, 0.1) is 5.54 Å². The van der Waals surface area contributed by atoms with Crippen molar-refractivity contribution in [2.75, 3.05) is 6.61 Å². The van der Waals surface area contributed by atoms with E-state index < -0.39 is 17.3 Å². The molecule has 3 atom stereocenters. The van der Waals surface area contributed by atoms with Gasteiger partial charge in [-0.3, -0.25) is 4.90 Å². The molecular formula is C32H38N2O3. The summed E-state index contributed by atoms with van der Waals surface area (Å²) in [6.07, 6.45) is -0.192. The SMILES string of the molecule is CC1(C)COC(C2(C(O)[C@H](Cc3ccccc3)N(Cc3ccccc3)Cc3ccccc3)OC2(C)C)=N1. The van der Waals surface area contributed by atoms with Gasteiger partial charge in [-0.15, -0.1) is 0 Å². The van der Waals surface area contributed by atoms with E-state index in [4.69, 9.17) is 14.5 Å². The maximum absolute atomic E-state index is 12.3. The smallest absolute Gasteiger partial charge is 0.223 e. The Balaban J connectivity index is 1.56. The van der Waals surface area contributed by atoms with E-state index in [2.05, 4.69) is 77.7 Å². The third kappa shape index (κ3) is 5.35. The second-order valence-electron chi connectivity index (χ2n) is 11.4. The molecule has 0 radical (unpaired) electrons. The number of aliphatic imine (C=N–C) groups is 1. The molecule has 3 aromatic carbocycles. The molecule has 0 spiro atoms. The quantitative estimate of drug-likeness (QED) is 0.380. The van der Waals surface area contributed by atoms with Crippen molar-refractivity contribution in [2.24, 2.45) is 4.99 Å². The second-order valence-corrected chi connectivity index (χ2v) is 11.4. The first-order valence-electron chi connectivity index (χ1n) is 13.2. The van der Waals surface area contributed by atoms with Crippen LogP contribution in [0.25, 0.3) is 0 Å². The highest BCUT2D eigenvalue weighted by Crippen LogP contribution is 2.54. The van der Waals surface area contributed by atoms with Crippen molar-refractivity contribution in [1.29, 1.82) is 0 Å². The number of aliphatic hydroxyl groups is 1. The summed E-state index contributed by atoms with van der Waals surface area (Å²) in [6.45, 7) is 10.0. The van der Waals surface area contributed by atoms with Crippen molar-refractivity contribution in [3.05, 3.63) is 108 Å². The Bertz CT molecular complexity index is 1170. The van der Waals surface area contributed by atoms with Crippen LogP contribution in [0.3, 0.4) is 0 Å². The lowest BCUT2D eigenvalue weighted by atomic mass is 9.83. The van der Waals surface area contributed by atoms with E-state index >= 15 is 0 Å². The fraction of sp³-hybridized carbons (Fsp3) is 0.406. The van der Waals surface area contributed by atoms with Crippen LogP contribution in [0.5, 0.6) is 0 Å². The maximum atomic E-state index is 12.3. The van der Waals surface area contributed by atoms with E-state index in [9.17, 15) is 5.11 Å². The number of rotatable bonds is 10. The minimum atomic E-state index is -0.994. The van der Waals surface area contributed by atoms with Crippen molar-refractivity contribution in [3.63, 3.8) is 0 Å². The molecule has 5 heteroatoms. The number of ether oxygens (including phenoxy) is 2. The zero-order valence-corrected chi connectivity index (χ0v) is 22.3. The molecule has 1 saturated heterocycles. The summed E-state index contributed by atoms with van der Waals surface area (Å²) >= 11 is 0. The largest absolute Gasteiger partial charge is 0.476 e. The van der Waals surface area contributed by atoms with E-state index in [-0.39, 0.29) is 11.6 Å². The Kier molecular flexibility index (Phi) is 6.97. The van der Waals surface area contributed by atoms with Gasteiger partial charge >= 0.3 is 0 Å².